The number of carbonyl (C=O) groups is 3. The number of carbonyl (C=O) groups excluding carboxylic acids is 3. The molecule has 2 aliphatic rings. The normalized spacial score (nSPS) is 19.8. The van der Waals surface area contributed by atoms with E-state index in [0.29, 0.717) is 10.6 Å². The van der Waals surface area contributed by atoms with E-state index in [4.69, 9.17) is 0 Å². The summed E-state index contributed by atoms with van der Waals surface area (Å²) in [4.78, 5) is 42.7. The number of thioether (sulfide) groups is 1. The molecule has 0 bridgehead atoms. The Morgan fingerprint density at radius 1 is 1.09 bits per heavy atom. The first-order valence-electron chi connectivity index (χ1n) is 12.2. The van der Waals surface area contributed by atoms with Gasteiger partial charge in [-0.3, -0.25) is 14.4 Å². The monoisotopic (exact) mass is 487 g/mol. The minimum absolute atomic E-state index is 0.121. The van der Waals surface area contributed by atoms with Gasteiger partial charge in [0.1, 0.15) is 6.54 Å². The summed E-state index contributed by atoms with van der Waals surface area (Å²) in [5.74, 6) is -0.201. The van der Waals surface area contributed by atoms with Crippen molar-refractivity contribution >= 4 is 51.5 Å². The van der Waals surface area contributed by atoms with E-state index in [-0.39, 0.29) is 29.6 Å². The maximum atomic E-state index is 13.3. The SMILES string of the molecule is CCc1cccc2c(/C=C3\SC(=O)N(c4ccccc4)C3=O)cn(CC(=O)N3CCCC[C@@H]3C)c12. The number of nitrogens with zero attached hydrogens (tertiary/aromatic N) is 3. The Morgan fingerprint density at radius 3 is 2.63 bits per heavy atom. The number of aryl methyl sites for hydroxylation is 1. The number of piperidine rings is 1. The zero-order valence-electron chi connectivity index (χ0n) is 20.1. The molecule has 3 heterocycles. The zero-order chi connectivity index (χ0) is 24.5. The van der Waals surface area contributed by atoms with Crippen molar-refractivity contribution in [2.75, 3.05) is 11.4 Å². The van der Waals surface area contributed by atoms with Gasteiger partial charge in [0.05, 0.1) is 16.1 Å². The number of para-hydroxylation sites is 2. The summed E-state index contributed by atoms with van der Waals surface area (Å²) >= 11 is 0.950. The standard InChI is InChI=1S/C28H29N3O3S/c1-3-20-11-9-14-23-21(16-24-27(33)31(28(34)35-24)22-12-5-4-6-13-22)17-29(26(20)23)18-25(32)30-15-8-7-10-19(30)2/h4-6,9,11-14,16-17,19H,3,7-8,10,15,18H2,1-2H3/b24-16-/t19-/m0/s1. The molecule has 5 rings (SSSR count). The van der Waals surface area contributed by atoms with E-state index < -0.39 is 0 Å². The predicted octanol–water partition coefficient (Wildman–Crippen LogP) is 5.85. The van der Waals surface area contributed by atoms with Crippen molar-refractivity contribution in [1.82, 2.24) is 9.47 Å². The van der Waals surface area contributed by atoms with Crippen LogP contribution in [0.25, 0.3) is 17.0 Å². The number of fused-ring (bicyclic) bond motifs is 1. The zero-order valence-corrected chi connectivity index (χ0v) is 20.9. The molecule has 0 saturated carbocycles. The van der Waals surface area contributed by atoms with Crippen LogP contribution in [0.15, 0.2) is 59.6 Å². The molecule has 180 valence electrons. The third-order valence-corrected chi connectivity index (χ3v) is 7.79. The quantitative estimate of drug-likeness (QED) is 0.424. The van der Waals surface area contributed by atoms with E-state index in [9.17, 15) is 14.4 Å². The van der Waals surface area contributed by atoms with Crippen molar-refractivity contribution in [3.05, 3.63) is 70.8 Å². The molecule has 0 radical (unpaired) electrons. The van der Waals surface area contributed by atoms with E-state index in [1.807, 2.05) is 46.0 Å². The van der Waals surface area contributed by atoms with Crippen LogP contribution in [0.1, 0.15) is 44.2 Å². The molecule has 2 saturated heterocycles. The fourth-order valence-electron chi connectivity index (χ4n) is 5.10. The van der Waals surface area contributed by atoms with E-state index in [1.165, 1.54) is 11.3 Å². The topological polar surface area (TPSA) is 62.6 Å². The first-order chi connectivity index (χ1) is 17.0. The van der Waals surface area contributed by atoms with Gasteiger partial charge in [0.15, 0.2) is 0 Å². The van der Waals surface area contributed by atoms with Crippen molar-refractivity contribution in [1.29, 1.82) is 0 Å². The van der Waals surface area contributed by atoms with Crippen molar-refractivity contribution in [2.24, 2.45) is 0 Å². The number of benzene rings is 2. The Kier molecular flexibility index (Phi) is 6.52. The molecule has 2 aromatic carbocycles. The molecule has 7 heteroatoms. The Balaban J connectivity index is 1.52. The summed E-state index contributed by atoms with van der Waals surface area (Å²) in [6, 6.07) is 15.3. The van der Waals surface area contributed by atoms with Crippen LogP contribution in [0.3, 0.4) is 0 Å². The number of likely N-dealkylation sites (tertiary alicyclic amines) is 1. The maximum absolute atomic E-state index is 13.3. The van der Waals surface area contributed by atoms with Crippen molar-refractivity contribution in [3.63, 3.8) is 0 Å². The molecule has 0 aliphatic carbocycles. The Hall–Kier alpha value is -3.32. The fourth-order valence-corrected chi connectivity index (χ4v) is 5.94. The van der Waals surface area contributed by atoms with Crippen LogP contribution in [0.5, 0.6) is 0 Å². The van der Waals surface area contributed by atoms with Crippen LogP contribution in [-0.4, -0.2) is 39.1 Å². The lowest BCUT2D eigenvalue weighted by atomic mass is 10.0. The van der Waals surface area contributed by atoms with Crippen molar-refractivity contribution in [3.8, 4) is 0 Å². The molecule has 2 aliphatic heterocycles. The molecule has 1 atom stereocenters. The molecule has 3 aromatic rings. The molecular formula is C28H29N3O3S. The molecular weight excluding hydrogens is 458 g/mol. The van der Waals surface area contributed by atoms with Gasteiger partial charge in [0.2, 0.25) is 5.91 Å². The van der Waals surface area contributed by atoms with E-state index in [1.54, 1.807) is 18.2 Å². The van der Waals surface area contributed by atoms with Gasteiger partial charge in [-0.25, -0.2) is 4.90 Å². The Labute approximate surface area is 209 Å². The number of aromatic nitrogens is 1. The summed E-state index contributed by atoms with van der Waals surface area (Å²) in [6.07, 6.45) is 7.83. The van der Waals surface area contributed by atoms with E-state index >= 15 is 0 Å². The molecule has 2 fully saturated rings. The van der Waals surface area contributed by atoms with Crippen molar-refractivity contribution < 1.29 is 14.4 Å². The van der Waals surface area contributed by atoms with Gasteiger partial charge in [-0.05, 0) is 68.1 Å². The van der Waals surface area contributed by atoms with Crippen LogP contribution in [0, 0.1) is 0 Å². The van der Waals surface area contributed by atoms with E-state index in [0.717, 1.165) is 59.6 Å². The molecule has 6 nitrogen and oxygen atoms in total. The van der Waals surface area contributed by atoms with Crippen LogP contribution in [0.4, 0.5) is 10.5 Å². The first kappa shape index (κ1) is 23.4. The average Bonchev–Trinajstić information content (AvgIpc) is 3.35. The molecule has 3 amide bonds. The second kappa shape index (κ2) is 9.74. The van der Waals surface area contributed by atoms with Gasteiger partial charge in [0, 0.05) is 29.7 Å². The fraction of sp³-hybridized carbons (Fsp3) is 0.321. The second-order valence-electron chi connectivity index (χ2n) is 9.16. The minimum Gasteiger partial charge on any atom is -0.338 e. The van der Waals surface area contributed by atoms with E-state index in [2.05, 4.69) is 19.9 Å². The summed E-state index contributed by atoms with van der Waals surface area (Å²) in [6.45, 7) is 5.29. The number of anilines is 1. The van der Waals surface area contributed by atoms with Crippen LogP contribution < -0.4 is 4.90 Å². The summed E-state index contributed by atoms with van der Waals surface area (Å²) in [5, 5.41) is 0.676. The highest BCUT2D eigenvalue weighted by atomic mass is 32.2. The second-order valence-corrected chi connectivity index (χ2v) is 10.2. The number of amides is 3. The van der Waals surface area contributed by atoms with Gasteiger partial charge in [-0.1, -0.05) is 43.3 Å². The number of rotatable bonds is 5. The largest absolute Gasteiger partial charge is 0.338 e. The van der Waals surface area contributed by atoms with Crippen LogP contribution in [0.2, 0.25) is 0 Å². The Morgan fingerprint density at radius 2 is 1.89 bits per heavy atom. The summed E-state index contributed by atoms with van der Waals surface area (Å²) < 4.78 is 2.02. The van der Waals surface area contributed by atoms with Gasteiger partial charge in [0.25, 0.3) is 11.1 Å². The number of imide groups is 1. The van der Waals surface area contributed by atoms with Crippen LogP contribution in [-0.2, 0) is 22.6 Å². The lowest BCUT2D eigenvalue weighted by Crippen LogP contribution is -2.43. The smallest absolute Gasteiger partial charge is 0.298 e. The van der Waals surface area contributed by atoms with Gasteiger partial charge >= 0.3 is 0 Å². The lowest BCUT2D eigenvalue weighted by Gasteiger charge is -2.33. The highest BCUT2D eigenvalue weighted by molar-refractivity contribution is 8.19. The van der Waals surface area contributed by atoms with Gasteiger partial charge in [-0.2, -0.15) is 0 Å². The minimum atomic E-state index is -0.322. The van der Waals surface area contributed by atoms with Gasteiger partial charge in [-0.15, -0.1) is 0 Å². The summed E-state index contributed by atoms with van der Waals surface area (Å²) in [5.41, 5.74) is 3.57. The summed E-state index contributed by atoms with van der Waals surface area (Å²) in [7, 11) is 0. The van der Waals surface area contributed by atoms with Crippen molar-refractivity contribution in [2.45, 2.75) is 52.1 Å². The third kappa shape index (κ3) is 4.41. The third-order valence-electron chi connectivity index (χ3n) is 6.92. The Bertz CT molecular complexity index is 1330. The number of hydrogen-bond acceptors (Lipinski definition) is 4. The average molecular weight is 488 g/mol. The predicted molar refractivity (Wildman–Crippen MR) is 141 cm³/mol. The lowest BCUT2D eigenvalue weighted by molar-refractivity contribution is -0.135. The molecule has 1 aromatic heterocycles. The highest BCUT2D eigenvalue weighted by Crippen LogP contribution is 2.37. The van der Waals surface area contributed by atoms with Gasteiger partial charge < -0.3 is 9.47 Å². The molecule has 0 unspecified atom stereocenters. The van der Waals surface area contributed by atoms with Crippen LogP contribution >= 0.6 is 11.8 Å². The molecule has 0 spiro atoms. The maximum Gasteiger partial charge on any atom is 0.298 e. The first-order valence-corrected chi connectivity index (χ1v) is 13.0. The molecule has 0 N–H and O–H groups in total. The number of hydrogen-bond donors (Lipinski definition) is 0. The molecule has 35 heavy (non-hydrogen) atoms. The highest BCUT2D eigenvalue weighted by Gasteiger charge is 2.36.